The topological polar surface area (TPSA) is 47.3 Å². The number of rotatable bonds is 2. The van der Waals surface area contributed by atoms with Gasteiger partial charge in [0.05, 0.1) is 18.4 Å². The van der Waals surface area contributed by atoms with Crippen LogP contribution in [0.4, 0.5) is 0 Å². The fourth-order valence-electron chi connectivity index (χ4n) is 2.10. The van der Waals surface area contributed by atoms with E-state index in [0.717, 1.165) is 18.5 Å². The summed E-state index contributed by atoms with van der Waals surface area (Å²) in [5.74, 6) is 0.216. The van der Waals surface area contributed by atoms with Gasteiger partial charge in [-0.2, -0.15) is 5.10 Å². The maximum absolute atomic E-state index is 9.82. The minimum atomic E-state index is -0.228. The lowest BCUT2D eigenvalue weighted by atomic mass is 9.94. The van der Waals surface area contributed by atoms with Crippen LogP contribution in [0.3, 0.4) is 0 Å². The molecule has 1 aliphatic rings. The van der Waals surface area contributed by atoms with Gasteiger partial charge in [0.25, 0.3) is 0 Å². The van der Waals surface area contributed by atoms with E-state index in [1.165, 1.54) is 5.69 Å². The van der Waals surface area contributed by atoms with Crippen LogP contribution < -0.4 is 0 Å². The highest BCUT2D eigenvalue weighted by molar-refractivity contribution is 5.09. The zero-order valence-electron chi connectivity index (χ0n) is 9.31. The summed E-state index contributed by atoms with van der Waals surface area (Å²) in [6, 6.07) is 2.07. The summed E-state index contributed by atoms with van der Waals surface area (Å²) in [4.78, 5) is 0. The summed E-state index contributed by atoms with van der Waals surface area (Å²) >= 11 is 0. The number of hydrogen-bond donors (Lipinski definition) is 1. The molecule has 15 heavy (non-hydrogen) atoms. The third-order valence-corrected chi connectivity index (χ3v) is 3.00. The Morgan fingerprint density at radius 1 is 1.67 bits per heavy atom. The fourth-order valence-corrected chi connectivity index (χ4v) is 2.10. The van der Waals surface area contributed by atoms with Gasteiger partial charge < -0.3 is 9.84 Å². The molecule has 2 rings (SSSR count). The van der Waals surface area contributed by atoms with Crippen molar-refractivity contribution in [2.75, 3.05) is 13.2 Å². The first kappa shape index (κ1) is 10.6. The van der Waals surface area contributed by atoms with Crippen LogP contribution in [-0.4, -0.2) is 34.2 Å². The zero-order valence-corrected chi connectivity index (χ0v) is 9.31. The first-order valence-electron chi connectivity index (χ1n) is 5.42. The molecule has 1 aromatic heterocycles. The standard InChI is InChI=1S/C11H18N2O2/c1-8-5-10(13(2)12-8)6-9-7-15-4-3-11(9)14/h5,9,11,14H,3-4,6-7H2,1-2H3. The number of nitrogens with zero attached hydrogens (tertiary/aromatic N) is 2. The van der Waals surface area contributed by atoms with Gasteiger partial charge in [0.2, 0.25) is 0 Å². The van der Waals surface area contributed by atoms with Crippen LogP contribution >= 0.6 is 0 Å². The second-order valence-corrected chi connectivity index (χ2v) is 4.30. The van der Waals surface area contributed by atoms with E-state index in [2.05, 4.69) is 11.2 Å². The quantitative estimate of drug-likeness (QED) is 0.780. The second-order valence-electron chi connectivity index (χ2n) is 4.30. The van der Waals surface area contributed by atoms with Gasteiger partial charge >= 0.3 is 0 Å². The Labute approximate surface area is 89.9 Å². The molecule has 0 radical (unpaired) electrons. The van der Waals surface area contributed by atoms with Crippen molar-refractivity contribution in [3.63, 3.8) is 0 Å². The Morgan fingerprint density at radius 3 is 3.07 bits per heavy atom. The van der Waals surface area contributed by atoms with Crippen molar-refractivity contribution in [2.45, 2.75) is 25.9 Å². The number of aromatic nitrogens is 2. The van der Waals surface area contributed by atoms with Gasteiger partial charge in [-0.3, -0.25) is 4.68 Å². The molecule has 0 saturated carbocycles. The lowest BCUT2D eigenvalue weighted by Gasteiger charge is -2.27. The highest BCUT2D eigenvalue weighted by Gasteiger charge is 2.24. The van der Waals surface area contributed by atoms with Gasteiger partial charge in [-0.25, -0.2) is 0 Å². The summed E-state index contributed by atoms with van der Waals surface area (Å²) < 4.78 is 7.27. The molecule has 0 aliphatic carbocycles. The van der Waals surface area contributed by atoms with Gasteiger partial charge in [-0.1, -0.05) is 0 Å². The molecule has 0 spiro atoms. The summed E-state index contributed by atoms with van der Waals surface area (Å²) in [7, 11) is 1.94. The van der Waals surface area contributed by atoms with Crippen molar-refractivity contribution in [1.29, 1.82) is 0 Å². The first-order chi connectivity index (χ1) is 7.16. The van der Waals surface area contributed by atoms with Crippen LogP contribution in [0.1, 0.15) is 17.8 Å². The Hall–Kier alpha value is -0.870. The van der Waals surface area contributed by atoms with Gasteiger partial charge in [0.15, 0.2) is 0 Å². The third kappa shape index (κ3) is 2.38. The van der Waals surface area contributed by atoms with Crippen LogP contribution in [0.5, 0.6) is 0 Å². The Kier molecular flexibility index (Phi) is 3.07. The zero-order chi connectivity index (χ0) is 10.8. The molecule has 1 aromatic rings. The number of hydrogen-bond acceptors (Lipinski definition) is 3. The van der Waals surface area contributed by atoms with Crippen molar-refractivity contribution in [3.8, 4) is 0 Å². The molecule has 1 aliphatic heterocycles. The van der Waals surface area contributed by atoms with Gasteiger partial charge in [-0.05, 0) is 25.8 Å². The maximum Gasteiger partial charge on any atom is 0.0616 e. The molecule has 84 valence electrons. The van der Waals surface area contributed by atoms with Crippen molar-refractivity contribution in [3.05, 3.63) is 17.5 Å². The molecule has 4 heteroatoms. The number of aliphatic hydroxyl groups excluding tert-OH is 1. The van der Waals surface area contributed by atoms with Crippen molar-refractivity contribution in [2.24, 2.45) is 13.0 Å². The average molecular weight is 210 g/mol. The molecule has 2 heterocycles. The van der Waals surface area contributed by atoms with Crippen LogP contribution in [0.15, 0.2) is 6.07 Å². The van der Waals surface area contributed by atoms with Gasteiger partial charge in [0, 0.05) is 25.3 Å². The predicted molar refractivity (Wildman–Crippen MR) is 56.6 cm³/mol. The van der Waals surface area contributed by atoms with Crippen molar-refractivity contribution in [1.82, 2.24) is 9.78 Å². The number of aryl methyl sites for hydroxylation is 2. The fraction of sp³-hybridized carbons (Fsp3) is 0.727. The van der Waals surface area contributed by atoms with E-state index < -0.39 is 0 Å². The van der Waals surface area contributed by atoms with Gasteiger partial charge in [0.1, 0.15) is 0 Å². The highest BCUT2D eigenvalue weighted by Crippen LogP contribution is 2.19. The van der Waals surface area contributed by atoms with Crippen LogP contribution in [-0.2, 0) is 18.2 Å². The molecule has 0 amide bonds. The average Bonchev–Trinajstić information content (AvgIpc) is 2.49. The van der Waals surface area contributed by atoms with E-state index in [4.69, 9.17) is 4.74 Å². The van der Waals surface area contributed by atoms with E-state index in [9.17, 15) is 5.11 Å². The summed E-state index contributed by atoms with van der Waals surface area (Å²) in [6.07, 6.45) is 1.37. The molecule has 0 bridgehead atoms. The van der Waals surface area contributed by atoms with Crippen molar-refractivity contribution >= 4 is 0 Å². The summed E-state index contributed by atoms with van der Waals surface area (Å²) in [5.41, 5.74) is 2.20. The molecular formula is C11H18N2O2. The summed E-state index contributed by atoms with van der Waals surface area (Å²) in [6.45, 7) is 3.32. The highest BCUT2D eigenvalue weighted by atomic mass is 16.5. The second kappa shape index (κ2) is 4.33. The SMILES string of the molecule is Cc1cc(CC2COCCC2O)n(C)n1. The minimum absolute atomic E-state index is 0.216. The molecular weight excluding hydrogens is 192 g/mol. The molecule has 2 atom stereocenters. The van der Waals surface area contributed by atoms with Crippen molar-refractivity contribution < 1.29 is 9.84 Å². The summed E-state index contributed by atoms with van der Waals surface area (Å²) in [5, 5.41) is 14.1. The first-order valence-corrected chi connectivity index (χ1v) is 5.42. The number of aliphatic hydroxyl groups is 1. The molecule has 4 nitrogen and oxygen atoms in total. The smallest absolute Gasteiger partial charge is 0.0616 e. The Bertz CT molecular complexity index is 335. The monoisotopic (exact) mass is 210 g/mol. The largest absolute Gasteiger partial charge is 0.393 e. The Balaban J connectivity index is 2.04. The lowest BCUT2D eigenvalue weighted by molar-refractivity contribution is -0.0356. The molecule has 1 N–H and O–H groups in total. The maximum atomic E-state index is 9.82. The molecule has 1 fully saturated rings. The molecule has 2 unspecified atom stereocenters. The normalized spacial score (nSPS) is 26.9. The number of ether oxygens (including phenoxy) is 1. The Morgan fingerprint density at radius 2 is 2.47 bits per heavy atom. The van der Waals surface area contributed by atoms with Crippen LogP contribution in [0.25, 0.3) is 0 Å². The third-order valence-electron chi connectivity index (χ3n) is 3.00. The van der Waals surface area contributed by atoms with Crippen LogP contribution in [0.2, 0.25) is 0 Å². The predicted octanol–water partition coefficient (Wildman–Crippen LogP) is 0.668. The van der Waals surface area contributed by atoms with E-state index >= 15 is 0 Å². The lowest BCUT2D eigenvalue weighted by Crippen LogP contribution is -2.33. The van der Waals surface area contributed by atoms with E-state index in [0.29, 0.717) is 13.2 Å². The molecule has 0 aromatic carbocycles. The van der Waals surface area contributed by atoms with E-state index in [1.54, 1.807) is 0 Å². The van der Waals surface area contributed by atoms with E-state index in [1.807, 2.05) is 18.7 Å². The van der Waals surface area contributed by atoms with Crippen LogP contribution in [0, 0.1) is 12.8 Å². The van der Waals surface area contributed by atoms with Gasteiger partial charge in [-0.15, -0.1) is 0 Å². The van der Waals surface area contributed by atoms with E-state index in [-0.39, 0.29) is 12.0 Å². The molecule has 1 saturated heterocycles. The minimum Gasteiger partial charge on any atom is -0.393 e.